The van der Waals surface area contributed by atoms with Gasteiger partial charge in [0, 0.05) is 19.8 Å². The van der Waals surface area contributed by atoms with Gasteiger partial charge in [0.2, 0.25) is 0 Å². The van der Waals surface area contributed by atoms with E-state index >= 15 is 0 Å². The number of hydrogen-bond acceptors (Lipinski definition) is 3. The lowest BCUT2D eigenvalue weighted by atomic mass is 10.0. The number of nitrogens with two attached hydrogens (primary N) is 1. The third kappa shape index (κ3) is 3.10. The van der Waals surface area contributed by atoms with Crippen LogP contribution in [0.1, 0.15) is 30.0 Å². The predicted octanol–water partition coefficient (Wildman–Crippen LogP) is 2.48. The first-order chi connectivity index (χ1) is 6.25. The van der Waals surface area contributed by atoms with Crippen LogP contribution in [0, 0.1) is 6.92 Å². The summed E-state index contributed by atoms with van der Waals surface area (Å²) in [6.45, 7) is 2.92. The fourth-order valence-corrected chi connectivity index (χ4v) is 2.27. The zero-order valence-electron chi connectivity index (χ0n) is 8.25. The third-order valence-electron chi connectivity index (χ3n) is 2.16. The van der Waals surface area contributed by atoms with Crippen LogP contribution in [0.2, 0.25) is 0 Å². The second kappa shape index (κ2) is 5.37. The van der Waals surface area contributed by atoms with Crippen LogP contribution in [0.5, 0.6) is 0 Å². The van der Waals surface area contributed by atoms with E-state index in [1.54, 1.807) is 18.4 Å². The Bertz CT molecular complexity index is 247. The van der Waals surface area contributed by atoms with Crippen molar-refractivity contribution in [1.29, 1.82) is 0 Å². The Morgan fingerprint density at radius 2 is 2.31 bits per heavy atom. The lowest BCUT2D eigenvalue weighted by Crippen LogP contribution is -2.11. The average Bonchev–Trinajstić information content (AvgIpc) is 2.52. The van der Waals surface area contributed by atoms with Gasteiger partial charge in [-0.25, -0.2) is 0 Å². The quantitative estimate of drug-likeness (QED) is 0.739. The van der Waals surface area contributed by atoms with Crippen molar-refractivity contribution in [2.45, 2.75) is 25.8 Å². The van der Waals surface area contributed by atoms with E-state index in [-0.39, 0.29) is 6.04 Å². The molecule has 1 heterocycles. The highest BCUT2D eigenvalue weighted by Gasteiger charge is 2.08. The highest BCUT2D eigenvalue weighted by Crippen LogP contribution is 2.22. The lowest BCUT2D eigenvalue weighted by Gasteiger charge is -2.10. The number of aryl methyl sites for hydroxylation is 1. The molecule has 0 amide bonds. The maximum atomic E-state index is 6.03. The third-order valence-corrected chi connectivity index (χ3v) is 3.04. The highest BCUT2D eigenvalue weighted by atomic mass is 32.1. The second-order valence-electron chi connectivity index (χ2n) is 3.25. The van der Waals surface area contributed by atoms with Crippen molar-refractivity contribution < 1.29 is 4.74 Å². The minimum atomic E-state index is 0.182. The molecule has 1 unspecified atom stereocenters. The maximum absolute atomic E-state index is 6.03. The zero-order chi connectivity index (χ0) is 9.68. The molecule has 0 aliphatic carbocycles. The van der Waals surface area contributed by atoms with Gasteiger partial charge in [-0.05, 0) is 41.7 Å². The van der Waals surface area contributed by atoms with Gasteiger partial charge in [0.15, 0.2) is 0 Å². The largest absolute Gasteiger partial charge is 0.385 e. The summed E-state index contributed by atoms with van der Waals surface area (Å²) in [6, 6.07) is 0.182. The van der Waals surface area contributed by atoms with Crippen molar-refractivity contribution in [2.24, 2.45) is 5.73 Å². The van der Waals surface area contributed by atoms with E-state index in [0.717, 1.165) is 19.4 Å². The molecule has 1 rings (SSSR count). The van der Waals surface area contributed by atoms with Crippen LogP contribution in [-0.2, 0) is 4.74 Å². The zero-order valence-corrected chi connectivity index (χ0v) is 9.06. The van der Waals surface area contributed by atoms with Crippen LogP contribution < -0.4 is 5.73 Å². The van der Waals surface area contributed by atoms with Gasteiger partial charge < -0.3 is 10.5 Å². The SMILES string of the molecule is COCCCC(N)c1cscc1C. The summed E-state index contributed by atoms with van der Waals surface area (Å²) in [7, 11) is 1.72. The minimum Gasteiger partial charge on any atom is -0.385 e. The summed E-state index contributed by atoms with van der Waals surface area (Å²) >= 11 is 1.72. The molecule has 13 heavy (non-hydrogen) atoms. The summed E-state index contributed by atoms with van der Waals surface area (Å²) in [5.74, 6) is 0. The van der Waals surface area contributed by atoms with Gasteiger partial charge in [-0.3, -0.25) is 0 Å². The number of methoxy groups -OCH3 is 1. The van der Waals surface area contributed by atoms with Gasteiger partial charge in [-0.15, -0.1) is 0 Å². The standard InChI is InChI=1S/C10H17NOS/c1-8-6-13-7-9(8)10(11)4-3-5-12-2/h6-7,10H,3-5,11H2,1-2H3. The number of hydrogen-bond donors (Lipinski definition) is 1. The van der Waals surface area contributed by atoms with Gasteiger partial charge in [0.05, 0.1) is 0 Å². The Balaban J connectivity index is 2.39. The average molecular weight is 199 g/mol. The van der Waals surface area contributed by atoms with Crippen molar-refractivity contribution in [2.75, 3.05) is 13.7 Å². The van der Waals surface area contributed by atoms with Crippen LogP contribution in [0.15, 0.2) is 10.8 Å². The van der Waals surface area contributed by atoms with Crippen molar-refractivity contribution in [1.82, 2.24) is 0 Å². The minimum absolute atomic E-state index is 0.182. The van der Waals surface area contributed by atoms with Crippen LogP contribution in [-0.4, -0.2) is 13.7 Å². The summed E-state index contributed by atoms with van der Waals surface area (Å²) in [5, 5.41) is 4.29. The van der Waals surface area contributed by atoms with E-state index in [4.69, 9.17) is 10.5 Å². The van der Waals surface area contributed by atoms with E-state index in [2.05, 4.69) is 17.7 Å². The van der Waals surface area contributed by atoms with Crippen LogP contribution in [0.25, 0.3) is 0 Å². The summed E-state index contributed by atoms with van der Waals surface area (Å²) in [5.41, 5.74) is 8.64. The van der Waals surface area contributed by atoms with E-state index in [1.165, 1.54) is 11.1 Å². The summed E-state index contributed by atoms with van der Waals surface area (Å²) < 4.78 is 4.99. The molecule has 0 spiro atoms. The Morgan fingerprint density at radius 1 is 1.54 bits per heavy atom. The fourth-order valence-electron chi connectivity index (χ4n) is 1.35. The molecule has 74 valence electrons. The molecule has 0 saturated heterocycles. The smallest absolute Gasteiger partial charge is 0.0462 e. The van der Waals surface area contributed by atoms with E-state index in [1.807, 2.05) is 0 Å². The van der Waals surface area contributed by atoms with Gasteiger partial charge >= 0.3 is 0 Å². The van der Waals surface area contributed by atoms with Crippen LogP contribution in [0.3, 0.4) is 0 Å². The molecule has 2 nitrogen and oxygen atoms in total. The van der Waals surface area contributed by atoms with E-state index in [9.17, 15) is 0 Å². The molecule has 1 aromatic rings. The fraction of sp³-hybridized carbons (Fsp3) is 0.600. The molecule has 2 N–H and O–H groups in total. The van der Waals surface area contributed by atoms with Gasteiger partial charge in [0.1, 0.15) is 0 Å². The molecule has 0 saturated carbocycles. The molecule has 0 aliphatic heterocycles. The first-order valence-corrected chi connectivity index (χ1v) is 5.47. The van der Waals surface area contributed by atoms with E-state index in [0.29, 0.717) is 0 Å². The van der Waals surface area contributed by atoms with Crippen molar-refractivity contribution in [3.05, 3.63) is 21.9 Å². The van der Waals surface area contributed by atoms with Crippen molar-refractivity contribution in [3.63, 3.8) is 0 Å². The Morgan fingerprint density at radius 3 is 2.85 bits per heavy atom. The summed E-state index contributed by atoms with van der Waals surface area (Å²) in [6.07, 6.45) is 2.04. The molecule has 0 aromatic carbocycles. The molecular weight excluding hydrogens is 182 g/mol. The van der Waals surface area contributed by atoms with Crippen LogP contribution in [0.4, 0.5) is 0 Å². The Hall–Kier alpha value is -0.380. The molecule has 0 bridgehead atoms. The molecule has 0 radical (unpaired) electrons. The van der Waals surface area contributed by atoms with E-state index < -0.39 is 0 Å². The highest BCUT2D eigenvalue weighted by molar-refractivity contribution is 7.08. The van der Waals surface area contributed by atoms with Gasteiger partial charge in [-0.2, -0.15) is 11.3 Å². The summed E-state index contributed by atoms with van der Waals surface area (Å²) in [4.78, 5) is 0. The Kier molecular flexibility index (Phi) is 4.42. The topological polar surface area (TPSA) is 35.2 Å². The monoisotopic (exact) mass is 199 g/mol. The van der Waals surface area contributed by atoms with Crippen molar-refractivity contribution in [3.8, 4) is 0 Å². The predicted molar refractivity (Wildman–Crippen MR) is 57.1 cm³/mol. The molecular formula is C10H17NOS. The lowest BCUT2D eigenvalue weighted by molar-refractivity contribution is 0.190. The number of ether oxygens (including phenoxy) is 1. The molecule has 1 atom stereocenters. The normalized spacial score (nSPS) is 13.2. The number of thiophene rings is 1. The van der Waals surface area contributed by atoms with Crippen LogP contribution >= 0.6 is 11.3 Å². The van der Waals surface area contributed by atoms with Gasteiger partial charge in [0.25, 0.3) is 0 Å². The van der Waals surface area contributed by atoms with Gasteiger partial charge in [-0.1, -0.05) is 0 Å². The first kappa shape index (κ1) is 10.7. The number of rotatable bonds is 5. The second-order valence-corrected chi connectivity index (χ2v) is 4.00. The first-order valence-electron chi connectivity index (χ1n) is 4.53. The molecule has 1 aromatic heterocycles. The molecule has 0 fully saturated rings. The molecule has 3 heteroatoms. The molecule has 0 aliphatic rings. The maximum Gasteiger partial charge on any atom is 0.0462 e. The Labute approximate surface area is 83.7 Å². The van der Waals surface area contributed by atoms with Crippen molar-refractivity contribution >= 4 is 11.3 Å².